The fourth-order valence-electron chi connectivity index (χ4n) is 1.29. The Kier molecular flexibility index (Phi) is 6.76. The highest BCUT2D eigenvalue weighted by molar-refractivity contribution is 6.30. The van der Waals surface area contributed by atoms with Crippen LogP contribution in [-0.4, -0.2) is 36.2 Å². The third-order valence-corrected chi connectivity index (χ3v) is 2.67. The lowest BCUT2D eigenvalue weighted by molar-refractivity contribution is -0.148. The molecule has 0 heterocycles. The van der Waals surface area contributed by atoms with Gasteiger partial charge in [0, 0.05) is 17.6 Å². The number of hydrogen-bond donors (Lipinski definition) is 2. The summed E-state index contributed by atoms with van der Waals surface area (Å²) in [7, 11) is 0. The number of carbonyl (C=O) groups is 2. The Balaban J connectivity index is 2.26. The zero-order valence-corrected chi connectivity index (χ0v) is 11.8. The first kappa shape index (κ1) is 16.2. The number of benzene rings is 1. The molecule has 2 N–H and O–H groups in total. The summed E-state index contributed by atoms with van der Waals surface area (Å²) in [5, 5.41) is 11.8. The zero-order valence-electron chi connectivity index (χ0n) is 11.0. The minimum atomic E-state index is -1.03. The normalized spacial score (nSPS) is 12.3. The van der Waals surface area contributed by atoms with Crippen LogP contribution < -0.4 is 5.32 Å². The van der Waals surface area contributed by atoms with Crippen LogP contribution in [0.5, 0.6) is 0 Å². The van der Waals surface area contributed by atoms with E-state index in [0.29, 0.717) is 5.02 Å². The molecule has 1 amide bonds. The lowest BCUT2D eigenvalue weighted by Crippen LogP contribution is -2.29. The van der Waals surface area contributed by atoms with Crippen molar-refractivity contribution in [1.29, 1.82) is 0 Å². The summed E-state index contributed by atoms with van der Waals surface area (Å²) in [6.07, 6.45) is 2.17. The van der Waals surface area contributed by atoms with Gasteiger partial charge in [-0.25, -0.2) is 4.79 Å². The second kappa shape index (κ2) is 8.35. The van der Waals surface area contributed by atoms with Gasteiger partial charge in [-0.05, 0) is 30.7 Å². The van der Waals surface area contributed by atoms with Crippen molar-refractivity contribution in [3.63, 3.8) is 0 Å². The minimum absolute atomic E-state index is 0.147. The van der Waals surface area contributed by atoms with Crippen LogP contribution >= 0.6 is 11.6 Å². The van der Waals surface area contributed by atoms with Crippen LogP contribution in [0.15, 0.2) is 30.3 Å². The molecule has 0 aliphatic heterocycles. The Bertz CT molecular complexity index is 484. The topological polar surface area (TPSA) is 75.6 Å². The van der Waals surface area contributed by atoms with E-state index in [0.717, 1.165) is 5.56 Å². The predicted molar refractivity (Wildman–Crippen MR) is 76.5 cm³/mol. The van der Waals surface area contributed by atoms with E-state index in [1.807, 2.05) is 0 Å². The molecule has 0 saturated heterocycles. The van der Waals surface area contributed by atoms with Gasteiger partial charge in [-0.3, -0.25) is 4.79 Å². The van der Waals surface area contributed by atoms with Gasteiger partial charge in [0.05, 0.1) is 6.61 Å². The third kappa shape index (κ3) is 6.36. The molecule has 0 aliphatic rings. The third-order valence-electron chi connectivity index (χ3n) is 2.41. The van der Waals surface area contributed by atoms with E-state index in [9.17, 15) is 9.59 Å². The maximum Gasteiger partial charge on any atom is 0.332 e. The largest absolute Gasteiger partial charge is 0.479 e. The van der Waals surface area contributed by atoms with Gasteiger partial charge in [-0.2, -0.15) is 0 Å². The molecule has 108 valence electrons. The highest BCUT2D eigenvalue weighted by Gasteiger charge is 2.09. The molecular weight excluding hydrogens is 282 g/mol. The van der Waals surface area contributed by atoms with Crippen molar-refractivity contribution < 1.29 is 19.4 Å². The molecule has 0 aliphatic carbocycles. The molecule has 0 spiro atoms. The summed E-state index contributed by atoms with van der Waals surface area (Å²) in [5.41, 5.74) is 0.861. The second-order valence-electron chi connectivity index (χ2n) is 4.03. The number of aliphatic carboxylic acids is 1. The van der Waals surface area contributed by atoms with E-state index in [-0.39, 0.29) is 19.1 Å². The van der Waals surface area contributed by atoms with Crippen molar-refractivity contribution in [1.82, 2.24) is 5.32 Å². The molecule has 20 heavy (non-hydrogen) atoms. The molecule has 5 nitrogen and oxygen atoms in total. The number of carboxylic acid groups (broad SMARTS) is 1. The maximum absolute atomic E-state index is 11.5. The van der Waals surface area contributed by atoms with Crippen molar-refractivity contribution in [2.45, 2.75) is 13.0 Å². The molecule has 0 radical (unpaired) electrons. The molecule has 0 saturated carbocycles. The first-order valence-corrected chi connectivity index (χ1v) is 6.42. The lowest BCUT2D eigenvalue weighted by atomic mass is 10.2. The summed E-state index contributed by atoms with van der Waals surface area (Å²) in [5.74, 6) is -1.30. The molecule has 1 aromatic rings. The van der Waals surface area contributed by atoms with Crippen molar-refractivity contribution >= 4 is 29.6 Å². The molecule has 1 unspecified atom stereocenters. The Hall–Kier alpha value is -1.85. The first-order valence-electron chi connectivity index (χ1n) is 6.05. The monoisotopic (exact) mass is 297 g/mol. The molecule has 1 aromatic carbocycles. The highest BCUT2D eigenvalue weighted by atomic mass is 35.5. The second-order valence-corrected chi connectivity index (χ2v) is 4.46. The standard InChI is InChI=1S/C14H16ClNO4/c1-10(14(18)19)20-9-8-16-13(17)7-4-11-2-5-12(15)6-3-11/h2-7,10H,8-9H2,1H3,(H,16,17)(H,18,19)/b7-4+. The molecule has 6 heteroatoms. The van der Waals surface area contributed by atoms with Gasteiger partial charge in [0.1, 0.15) is 0 Å². The van der Waals surface area contributed by atoms with Gasteiger partial charge in [-0.15, -0.1) is 0 Å². The van der Waals surface area contributed by atoms with Gasteiger partial charge in [0.15, 0.2) is 6.10 Å². The van der Waals surface area contributed by atoms with Gasteiger partial charge in [-0.1, -0.05) is 23.7 Å². The molecule has 1 rings (SSSR count). The fraction of sp³-hybridized carbons (Fsp3) is 0.286. The Morgan fingerprint density at radius 2 is 2.05 bits per heavy atom. The van der Waals surface area contributed by atoms with E-state index < -0.39 is 12.1 Å². The Morgan fingerprint density at radius 1 is 1.40 bits per heavy atom. The van der Waals surface area contributed by atoms with Crippen LogP contribution in [-0.2, 0) is 14.3 Å². The van der Waals surface area contributed by atoms with E-state index in [4.69, 9.17) is 21.4 Å². The fourth-order valence-corrected chi connectivity index (χ4v) is 1.41. The van der Waals surface area contributed by atoms with Crippen molar-refractivity contribution in [3.05, 3.63) is 40.9 Å². The van der Waals surface area contributed by atoms with Crippen molar-refractivity contribution in [2.75, 3.05) is 13.2 Å². The van der Waals surface area contributed by atoms with Gasteiger partial charge >= 0.3 is 5.97 Å². The highest BCUT2D eigenvalue weighted by Crippen LogP contribution is 2.10. The SMILES string of the molecule is CC(OCCNC(=O)/C=C/c1ccc(Cl)cc1)C(=O)O. The van der Waals surface area contributed by atoms with E-state index in [1.165, 1.54) is 13.0 Å². The number of carbonyl (C=O) groups excluding carboxylic acids is 1. The number of halogens is 1. The quantitative estimate of drug-likeness (QED) is 0.596. The number of nitrogens with one attached hydrogen (secondary N) is 1. The van der Waals surface area contributed by atoms with E-state index >= 15 is 0 Å². The zero-order chi connectivity index (χ0) is 15.0. The number of ether oxygens (including phenoxy) is 1. The van der Waals surface area contributed by atoms with Gasteiger partial charge in [0.25, 0.3) is 0 Å². The van der Waals surface area contributed by atoms with Crippen LogP contribution in [0.1, 0.15) is 12.5 Å². The first-order chi connectivity index (χ1) is 9.49. The molecule has 0 bridgehead atoms. The predicted octanol–water partition coefficient (Wildman–Crippen LogP) is 1.96. The van der Waals surface area contributed by atoms with Crippen LogP contribution in [0.4, 0.5) is 0 Å². The minimum Gasteiger partial charge on any atom is -0.479 e. The van der Waals surface area contributed by atoms with Crippen LogP contribution in [0.3, 0.4) is 0 Å². The lowest BCUT2D eigenvalue weighted by Gasteiger charge is -2.08. The number of rotatable bonds is 7. The van der Waals surface area contributed by atoms with Crippen molar-refractivity contribution in [3.8, 4) is 0 Å². The van der Waals surface area contributed by atoms with E-state index in [2.05, 4.69) is 5.32 Å². The molecule has 0 aromatic heterocycles. The number of hydrogen-bond acceptors (Lipinski definition) is 3. The molecular formula is C14H16ClNO4. The molecule has 0 fully saturated rings. The smallest absolute Gasteiger partial charge is 0.332 e. The number of amides is 1. The van der Waals surface area contributed by atoms with Crippen LogP contribution in [0, 0.1) is 0 Å². The molecule has 1 atom stereocenters. The summed E-state index contributed by atoms with van der Waals surface area (Å²) >= 11 is 5.75. The maximum atomic E-state index is 11.5. The Labute approximate surface area is 122 Å². The van der Waals surface area contributed by atoms with Crippen LogP contribution in [0.25, 0.3) is 6.08 Å². The summed E-state index contributed by atoms with van der Waals surface area (Å²) < 4.78 is 4.98. The van der Waals surface area contributed by atoms with Crippen LogP contribution in [0.2, 0.25) is 5.02 Å². The average molecular weight is 298 g/mol. The summed E-state index contributed by atoms with van der Waals surface area (Å²) in [4.78, 5) is 21.9. The Morgan fingerprint density at radius 3 is 2.65 bits per heavy atom. The van der Waals surface area contributed by atoms with E-state index in [1.54, 1.807) is 30.3 Å². The number of carboxylic acids is 1. The summed E-state index contributed by atoms with van der Waals surface area (Å²) in [6.45, 7) is 1.83. The average Bonchev–Trinajstić information content (AvgIpc) is 2.42. The summed E-state index contributed by atoms with van der Waals surface area (Å²) in [6, 6.07) is 7.06. The van der Waals surface area contributed by atoms with Gasteiger partial charge < -0.3 is 15.2 Å². The van der Waals surface area contributed by atoms with Gasteiger partial charge in [0.2, 0.25) is 5.91 Å². The van der Waals surface area contributed by atoms with Crippen molar-refractivity contribution in [2.24, 2.45) is 0 Å².